The highest BCUT2D eigenvalue weighted by Gasteiger charge is 2.14. The predicted octanol–water partition coefficient (Wildman–Crippen LogP) is 4.00. The molecule has 3 aromatic rings. The van der Waals surface area contributed by atoms with Crippen LogP contribution in [0.1, 0.15) is 21.7 Å². The molecule has 0 aliphatic carbocycles. The highest BCUT2D eigenvalue weighted by atomic mass is 32.1. The second-order valence-corrected chi connectivity index (χ2v) is 7.00. The molecule has 1 unspecified atom stereocenters. The van der Waals surface area contributed by atoms with E-state index in [1.165, 1.54) is 9.40 Å². The van der Waals surface area contributed by atoms with Crippen LogP contribution in [-0.2, 0) is 6.42 Å². The van der Waals surface area contributed by atoms with Crippen LogP contribution in [0.5, 0.6) is 0 Å². The molecule has 17 heavy (non-hydrogen) atoms. The molecule has 0 spiro atoms. The monoisotopic (exact) mass is 281 g/mol. The lowest BCUT2D eigenvalue weighted by Crippen LogP contribution is -1.99. The Kier molecular flexibility index (Phi) is 3.00. The first-order chi connectivity index (χ1) is 8.22. The molecule has 5 heteroatoms. The molecule has 88 valence electrons. The molecular weight excluding hydrogens is 270 g/mol. The lowest BCUT2D eigenvalue weighted by Gasteiger charge is -2.05. The van der Waals surface area contributed by atoms with E-state index in [2.05, 4.69) is 22.5 Å². The van der Waals surface area contributed by atoms with Gasteiger partial charge in [0.05, 0.1) is 16.8 Å². The fraction of sp³-hybridized carbons (Fsp3) is 0.250. The Morgan fingerprint density at radius 3 is 2.94 bits per heavy atom. The molecule has 0 radical (unpaired) electrons. The van der Waals surface area contributed by atoms with Crippen molar-refractivity contribution in [2.24, 2.45) is 0 Å². The summed E-state index contributed by atoms with van der Waals surface area (Å²) in [4.78, 5) is 5.42. The molecule has 0 aliphatic rings. The number of hydrogen-bond donors (Lipinski definition) is 1. The first-order valence-corrected chi connectivity index (χ1v) is 7.86. The van der Waals surface area contributed by atoms with E-state index in [0.717, 1.165) is 15.6 Å². The molecule has 3 aromatic heterocycles. The lowest BCUT2D eigenvalue weighted by molar-refractivity contribution is 0.181. The van der Waals surface area contributed by atoms with Crippen molar-refractivity contribution in [3.8, 4) is 0 Å². The highest BCUT2D eigenvalue weighted by molar-refractivity contribution is 7.26. The summed E-state index contributed by atoms with van der Waals surface area (Å²) in [6.45, 7) is 1.99. The quantitative estimate of drug-likeness (QED) is 0.787. The van der Waals surface area contributed by atoms with Gasteiger partial charge in [0.1, 0.15) is 0 Å². The number of thiophene rings is 2. The number of aliphatic hydroxyl groups excluding tert-OH is 1. The van der Waals surface area contributed by atoms with E-state index in [9.17, 15) is 5.11 Å². The van der Waals surface area contributed by atoms with Crippen molar-refractivity contribution in [2.45, 2.75) is 19.4 Å². The summed E-state index contributed by atoms with van der Waals surface area (Å²) in [6, 6.07) is 4.20. The Morgan fingerprint density at radius 2 is 2.24 bits per heavy atom. The van der Waals surface area contributed by atoms with Crippen LogP contribution in [0.2, 0.25) is 0 Å². The number of aromatic nitrogens is 1. The van der Waals surface area contributed by atoms with Gasteiger partial charge in [-0.15, -0.1) is 34.0 Å². The van der Waals surface area contributed by atoms with Gasteiger partial charge in [-0.25, -0.2) is 4.98 Å². The summed E-state index contributed by atoms with van der Waals surface area (Å²) in [5.74, 6) is 0. The molecule has 0 aromatic carbocycles. The first kappa shape index (κ1) is 11.3. The maximum atomic E-state index is 10.2. The third-order valence-electron chi connectivity index (χ3n) is 2.56. The zero-order chi connectivity index (χ0) is 11.8. The molecule has 3 heterocycles. The molecule has 2 nitrogen and oxygen atoms in total. The number of rotatable bonds is 3. The summed E-state index contributed by atoms with van der Waals surface area (Å²) in [5, 5.41) is 15.3. The van der Waals surface area contributed by atoms with Crippen LogP contribution < -0.4 is 0 Å². The maximum absolute atomic E-state index is 10.2. The van der Waals surface area contributed by atoms with Crippen LogP contribution in [0.15, 0.2) is 22.9 Å². The third-order valence-corrected chi connectivity index (χ3v) is 5.57. The lowest BCUT2D eigenvalue weighted by atomic mass is 10.2. The minimum atomic E-state index is -0.430. The summed E-state index contributed by atoms with van der Waals surface area (Å²) < 4.78 is 2.53. The molecule has 0 bridgehead atoms. The van der Waals surface area contributed by atoms with Crippen LogP contribution in [0, 0.1) is 6.92 Å². The Bertz CT molecular complexity index is 608. The van der Waals surface area contributed by atoms with Gasteiger partial charge in [-0.2, -0.15) is 0 Å². The highest BCUT2D eigenvalue weighted by Crippen LogP contribution is 2.34. The fourth-order valence-corrected chi connectivity index (χ4v) is 4.48. The van der Waals surface area contributed by atoms with Crippen molar-refractivity contribution < 1.29 is 5.11 Å². The van der Waals surface area contributed by atoms with Gasteiger partial charge in [-0.05, 0) is 24.4 Å². The second-order valence-electron chi connectivity index (χ2n) is 3.88. The van der Waals surface area contributed by atoms with Crippen molar-refractivity contribution in [1.29, 1.82) is 0 Å². The number of nitrogens with zero attached hydrogens (tertiary/aromatic N) is 1. The molecule has 0 amide bonds. The Hall–Kier alpha value is -0.750. The van der Waals surface area contributed by atoms with Gasteiger partial charge in [0.2, 0.25) is 0 Å². The van der Waals surface area contributed by atoms with Crippen molar-refractivity contribution in [3.63, 3.8) is 0 Å². The topological polar surface area (TPSA) is 33.1 Å². The van der Waals surface area contributed by atoms with Crippen LogP contribution in [0.25, 0.3) is 9.40 Å². The number of aryl methyl sites for hydroxylation is 1. The number of thiazole rings is 1. The van der Waals surface area contributed by atoms with Crippen LogP contribution in [-0.4, -0.2) is 10.1 Å². The Balaban J connectivity index is 1.82. The van der Waals surface area contributed by atoms with Crippen molar-refractivity contribution in [1.82, 2.24) is 4.98 Å². The average Bonchev–Trinajstić information content (AvgIpc) is 2.92. The normalized spacial score (nSPS) is 13.3. The van der Waals surface area contributed by atoms with E-state index in [0.29, 0.717) is 6.42 Å². The number of fused-ring (bicyclic) bond motifs is 1. The van der Waals surface area contributed by atoms with Gasteiger partial charge in [-0.1, -0.05) is 0 Å². The van der Waals surface area contributed by atoms with Crippen molar-refractivity contribution in [3.05, 3.63) is 38.5 Å². The molecule has 1 atom stereocenters. The van der Waals surface area contributed by atoms with Crippen LogP contribution in [0.4, 0.5) is 0 Å². The van der Waals surface area contributed by atoms with E-state index in [4.69, 9.17) is 0 Å². The molecule has 0 fully saturated rings. The van der Waals surface area contributed by atoms with Crippen LogP contribution >= 0.6 is 34.0 Å². The minimum absolute atomic E-state index is 0.430. The predicted molar refractivity (Wildman–Crippen MR) is 75.2 cm³/mol. The average molecular weight is 281 g/mol. The fourth-order valence-electron chi connectivity index (χ4n) is 1.75. The zero-order valence-electron chi connectivity index (χ0n) is 9.21. The van der Waals surface area contributed by atoms with Gasteiger partial charge < -0.3 is 5.11 Å². The standard InChI is InChI=1S/C12H11NOS3/c1-7-13-8(6-16-7)4-9(14)11-5-12-10(17-11)2-3-15-12/h2-3,5-6,9,14H,4H2,1H3. The molecule has 0 saturated heterocycles. The zero-order valence-corrected chi connectivity index (χ0v) is 11.7. The first-order valence-electron chi connectivity index (χ1n) is 5.28. The molecule has 0 saturated carbocycles. The van der Waals surface area contributed by atoms with Crippen molar-refractivity contribution in [2.75, 3.05) is 0 Å². The molecule has 0 aliphatic heterocycles. The summed E-state index contributed by atoms with van der Waals surface area (Å²) >= 11 is 5.03. The third kappa shape index (κ3) is 2.28. The van der Waals surface area contributed by atoms with Crippen LogP contribution in [0.3, 0.4) is 0 Å². The smallest absolute Gasteiger partial charge is 0.0938 e. The van der Waals surface area contributed by atoms with Gasteiger partial charge in [0.15, 0.2) is 0 Å². The SMILES string of the molecule is Cc1nc(CC(O)c2cc3sccc3s2)cs1. The maximum Gasteiger partial charge on any atom is 0.0938 e. The van der Waals surface area contributed by atoms with E-state index < -0.39 is 6.10 Å². The van der Waals surface area contributed by atoms with E-state index in [-0.39, 0.29) is 0 Å². The van der Waals surface area contributed by atoms with Crippen molar-refractivity contribution >= 4 is 43.4 Å². The van der Waals surface area contributed by atoms with Gasteiger partial charge in [0.25, 0.3) is 0 Å². The summed E-state index contributed by atoms with van der Waals surface area (Å²) in [6.07, 6.45) is 0.180. The molecule has 1 N–H and O–H groups in total. The molecular formula is C12H11NOS3. The minimum Gasteiger partial charge on any atom is -0.387 e. The number of aliphatic hydroxyl groups is 1. The van der Waals surface area contributed by atoms with E-state index >= 15 is 0 Å². The largest absolute Gasteiger partial charge is 0.387 e. The van der Waals surface area contributed by atoms with Gasteiger partial charge >= 0.3 is 0 Å². The Morgan fingerprint density at radius 1 is 1.35 bits per heavy atom. The summed E-state index contributed by atoms with van der Waals surface area (Å²) in [7, 11) is 0. The van der Waals surface area contributed by atoms with Gasteiger partial charge in [0, 0.05) is 26.1 Å². The van der Waals surface area contributed by atoms with E-state index in [1.54, 1.807) is 34.0 Å². The van der Waals surface area contributed by atoms with E-state index in [1.807, 2.05) is 12.3 Å². The van der Waals surface area contributed by atoms with Gasteiger partial charge in [-0.3, -0.25) is 0 Å². The molecule has 3 rings (SSSR count). The second kappa shape index (κ2) is 4.49. The summed E-state index contributed by atoms with van der Waals surface area (Å²) in [5.41, 5.74) is 0.983. The number of hydrogen-bond acceptors (Lipinski definition) is 5. The Labute approximate surface area is 111 Å².